The smallest absolute Gasteiger partial charge is 0.264 e. The third-order valence-corrected chi connectivity index (χ3v) is 14.9. The summed E-state index contributed by atoms with van der Waals surface area (Å²) in [5.74, 6) is 0.722. The van der Waals surface area contributed by atoms with Gasteiger partial charge in [0.25, 0.3) is 11.8 Å². The minimum Gasteiger partial charge on any atom is -0.501 e. The number of hydrogen-bond acceptors (Lipinski definition) is 7. The van der Waals surface area contributed by atoms with Gasteiger partial charge in [-0.05, 0) is 97.6 Å². The fraction of sp³-hybridized carbons (Fsp3) is 0.537. The molecule has 53 heavy (non-hydrogen) atoms. The van der Waals surface area contributed by atoms with E-state index in [1.165, 1.54) is 36.1 Å². The van der Waals surface area contributed by atoms with Crippen LogP contribution in [0.5, 0.6) is 0 Å². The number of ether oxygens (including phenoxy) is 1. The van der Waals surface area contributed by atoms with Crippen LogP contribution in [0.15, 0.2) is 47.9 Å². The Balaban J connectivity index is 1.19. The zero-order valence-corrected chi connectivity index (χ0v) is 31.9. The second kappa shape index (κ2) is 13.3. The number of rotatable bonds is 8. The molecule has 3 aliphatic carbocycles. The molecular formula is C41H50N6O5S. The van der Waals surface area contributed by atoms with E-state index in [1.54, 1.807) is 19.4 Å². The normalized spacial score (nSPS) is 23.7. The van der Waals surface area contributed by atoms with Crippen LogP contribution in [0.1, 0.15) is 121 Å². The molecular weight excluding hydrogens is 689 g/mol. The van der Waals surface area contributed by atoms with Gasteiger partial charge in [0.2, 0.25) is 10.0 Å². The van der Waals surface area contributed by atoms with Gasteiger partial charge in [0.1, 0.15) is 0 Å². The van der Waals surface area contributed by atoms with Crippen LogP contribution >= 0.6 is 0 Å². The maximum atomic E-state index is 14.4. The highest BCUT2D eigenvalue weighted by molar-refractivity contribution is 7.90. The Kier molecular flexibility index (Phi) is 8.68. The van der Waals surface area contributed by atoms with E-state index in [1.807, 2.05) is 23.9 Å². The van der Waals surface area contributed by atoms with E-state index in [2.05, 4.69) is 43.3 Å². The van der Waals surface area contributed by atoms with Gasteiger partial charge in [-0.15, -0.1) is 0 Å². The van der Waals surface area contributed by atoms with Crippen molar-refractivity contribution >= 4 is 43.9 Å². The third kappa shape index (κ3) is 5.78. The number of benzene rings is 1. The average Bonchev–Trinajstić information content (AvgIpc) is 3.89. The van der Waals surface area contributed by atoms with Crippen LogP contribution < -0.4 is 4.72 Å². The Bertz CT molecular complexity index is 2220. The lowest BCUT2D eigenvalue weighted by Gasteiger charge is -2.33. The summed E-state index contributed by atoms with van der Waals surface area (Å²) in [6.45, 7) is 5.29. The standard InChI is InChI=1S/C41H50N6O5S/c1-4-45-23-30-20-29(45)24-46(30)41(49)35-21-42-44(2)38(35)28-17-27-18-31(52-3)14-16-33(27)39-37(25-9-6-5-7-10-25)34-15-13-26(19-36(34)47(39)22-28)40(48)43-53(50,51)32-11-8-12-32/h13,15,17-19,21,25,29-30,32H,4-12,14,16,20,22-24H2,1-3H3,(H,43,48)/t29-,30-/m0/s1. The molecule has 280 valence electrons. The number of carbonyl (C=O) groups is 2. The summed E-state index contributed by atoms with van der Waals surface area (Å²) in [7, 11) is -0.110. The number of piperazine rings is 1. The predicted octanol–water partition coefficient (Wildman–Crippen LogP) is 6.13. The highest BCUT2D eigenvalue weighted by Gasteiger charge is 2.45. The molecule has 2 saturated carbocycles. The highest BCUT2D eigenvalue weighted by Crippen LogP contribution is 2.48. The molecule has 12 heteroatoms. The molecule has 0 radical (unpaired) electrons. The van der Waals surface area contributed by atoms with Gasteiger partial charge in [-0.2, -0.15) is 5.10 Å². The van der Waals surface area contributed by atoms with Gasteiger partial charge in [0.15, 0.2) is 0 Å². The van der Waals surface area contributed by atoms with Crippen molar-refractivity contribution in [3.05, 3.63) is 76.0 Å². The molecule has 4 fully saturated rings. The predicted molar refractivity (Wildman–Crippen MR) is 205 cm³/mol. The fourth-order valence-corrected chi connectivity index (χ4v) is 11.6. The van der Waals surface area contributed by atoms with E-state index < -0.39 is 21.2 Å². The molecule has 2 saturated heterocycles. The molecule has 5 heterocycles. The van der Waals surface area contributed by atoms with Gasteiger partial charge in [-0.1, -0.05) is 38.7 Å². The maximum absolute atomic E-state index is 14.4. The van der Waals surface area contributed by atoms with E-state index in [4.69, 9.17) is 4.74 Å². The van der Waals surface area contributed by atoms with Crippen molar-refractivity contribution in [2.24, 2.45) is 7.05 Å². The van der Waals surface area contributed by atoms with E-state index in [-0.39, 0.29) is 11.9 Å². The Morgan fingerprint density at radius 2 is 1.79 bits per heavy atom. The molecule has 1 N–H and O–H groups in total. The second-order valence-corrected chi connectivity index (χ2v) is 17.9. The number of nitrogens with one attached hydrogen (secondary N) is 1. The minimum absolute atomic E-state index is 0.0274. The molecule has 11 nitrogen and oxygen atoms in total. The number of amides is 2. The van der Waals surface area contributed by atoms with Crippen LogP contribution in [-0.2, 0) is 28.4 Å². The molecule has 2 atom stereocenters. The first-order chi connectivity index (χ1) is 25.6. The number of aryl methyl sites for hydroxylation is 1. The SMILES string of the molecule is CCN1C[C@@H]2C[C@H]1CN2C(=O)c1cnn(C)c1C1=CC2=C(CCC(OC)=C2)c2c(C3CCCCC3)c3ccc(C(=O)NS(=O)(=O)C4CCC4)cc3n2C1. The number of allylic oxidation sites excluding steroid dienone is 6. The number of likely N-dealkylation sites (N-methyl/N-ethyl adjacent to an activating group) is 1. The van der Waals surface area contributed by atoms with Crippen LogP contribution in [-0.4, -0.2) is 88.5 Å². The number of aromatic nitrogens is 3. The molecule has 3 aromatic rings. The second-order valence-electron chi connectivity index (χ2n) is 16.0. The summed E-state index contributed by atoms with van der Waals surface area (Å²) in [4.78, 5) is 32.6. The topological polar surface area (TPSA) is 119 Å². The van der Waals surface area contributed by atoms with Crippen molar-refractivity contribution in [1.29, 1.82) is 0 Å². The summed E-state index contributed by atoms with van der Waals surface area (Å²) < 4.78 is 38.4. The summed E-state index contributed by atoms with van der Waals surface area (Å²) in [5, 5.41) is 5.28. The number of sulfonamides is 1. The van der Waals surface area contributed by atoms with Crippen molar-refractivity contribution in [2.75, 3.05) is 26.7 Å². The molecule has 6 aliphatic rings. The number of nitrogens with zero attached hydrogens (tertiary/aromatic N) is 5. The van der Waals surface area contributed by atoms with E-state index in [0.717, 1.165) is 91.7 Å². The van der Waals surface area contributed by atoms with Crippen LogP contribution in [0.4, 0.5) is 0 Å². The quantitative estimate of drug-likeness (QED) is 0.296. The molecule has 3 aliphatic heterocycles. The number of carbonyl (C=O) groups excluding carboxylic acids is 2. The van der Waals surface area contributed by atoms with Crippen LogP contribution in [0.3, 0.4) is 0 Å². The Morgan fingerprint density at radius 3 is 2.49 bits per heavy atom. The van der Waals surface area contributed by atoms with Gasteiger partial charge in [0.05, 0.1) is 42.1 Å². The molecule has 9 rings (SSSR count). The van der Waals surface area contributed by atoms with Crippen molar-refractivity contribution in [3.63, 3.8) is 0 Å². The number of methoxy groups -OCH3 is 1. The first-order valence-corrected chi connectivity index (χ1v) is 21.2. The monoisotopic (exact) mass is 738 g/mol. The summed E-state index contributed by atoms with van der Waals surface area (Å²) in [5.41, 5.74) is 8.41. The first kappa shape index (κ1) is 34.6. The maximum Gasteiger partial charge on any atom is 0.264 e. The van der Waals surface area contributed by atoms with Gasteiger partial charge >= 0.3 is 0 Å². The van der Waals surface area contributed by atoms with Gasteiger partial charge < -0.3 is 14.2 Å². The molecule has 1 aromatic carbocycles. The van der Waals surface area contributed by atoms with Gasteiger partial charge in [0, 0.05) is 60.8 Å². The Morgan fingerprint density at radius 1 is 0.981 bits per heavy atom. The first-order valence-electron chi connectivity index (χ1n) is 19.6. The molecule has 2 bridgehead atoms. The average molecular weight is 739 g/mol. The van der Waals surface area contributed by atoms with Crippen molar-refractivity contribution in [3.8, 4) is 0 Å². The minimum atomic E-state index is -3.74. The van der Waals surface area contributed by atoms with Gasteiger partial charge in [-0.3, -0.25) is 19.2 Å². The molecule has 2 amide bonds. The van der Waals surface area contributed by atoms with Crippen LogP contribution in [0, 0.1) is 0 Å². The van der Waals surface area contributed by atoms with E-state index in [0.29, 0.717) is 42.5 Å². The lowest BCUT2D eigenvalue weighted by Crippen LogP contribution is -2.48. The molecule has 0 unspecified atom stereocenters. The third-order valence-electron chi connectivity index (χ3n) is 13.1. The summed E-state index contributed by atoms with van der Waals surface area (Å²) in [6.07, 6.45) is 16.5. The fourth-order valence-electron chi connectivity index (χ4n) is 10.1. The van der Waals surface area contributed by atoms with Crippen molar-refractivity contribution in [2.45, 2.75) is 107 Å². The highest BCUT2D eigenvalue weighted by atomic mass is 32.2. The van der Waals surface area contributed by atoms with Crippen LogP contribution in [0.2, 0.25) is 0 Å². The van der Waals surface area contributed by atoms with Crippen molar-refractivity contribution in [1.82, 2.24) is 28.9 Å². The summed E-state index contributed by atoms with van der Waals surface area (Å²) in [6, 6.07) is 6.32. The number of fused-ring (bicyclic) bond motifs is 6. The van der Waals surface area contributed by atoms with E-state index in [9.17, 15) is 18.0 Å². The van der Waals surface area contributed by atoms with E-state index >= 15 is 0 Å². The number of likely N-dealkylation sites (tertiary alicyclic amines) is 2. The Labute approximate surface area is 311 Å². The lowest BCUT2D eigenvalue weighted by atomic mass is 9.80. The molecule has 0 spiro atoms. The number of hydrogen-bond donors (Lipinski definition) is 1. The zero-order valence-electron chi connectivity index (χ0n) is 31.1. The van der Waals surface area contributed by atoms with Crippen molar-refractivity contribution < 1.29 is 22.7 Å². The zero-order chi connectivity index (χ0) is 36.6. The Hall–Kier alpha value is -4.16. The summed E-state index contributed by atoms with van der Waals surface area (Å²) >= 11 is 0. The van der Waals surface area contributed by atoms with Crippen LogP contribution in [0.25, 0.3) is 22.0 Å². The lowest BCUT2D eigenvalue weighted by molar-refractivity contribution is 0.0630. The largest absolute Gasteiger partial charge is 0.501 e. The van der Waals surface area contributed by atoms with Gasteiger partial charge in [-0.25, -0.2) is 13.1 Å². The molecule has 2 aromatic heterocycles.